The van der Waals surface area contributed by atoms with Crippen LogP contribution in [-0.4, -0.2) is 25.1 Å². The summed E-state index contributed by atoms with van der Waals surface area (Å²) >= 11 is 13.1. The fourth-order valence-corrected chi connectivity index (χ4v) is 5.14. The van der Waals surface area contributed by atoms with Crippen LogP contribution in [0, 0.1) is 0 Å². The summed E-state index contributed by atoms with van der Waals surface area (Å²) in [7, 11) is -3.27. The van der Waals surface area contributed by atoms with Gasteiger partial charge in [0.25, 0.3) is 0 Å². The third-order valence-electron chi connectivity index (χ3n) is 5.21. The number of amides is 1. The third-order valence-corrected chi connectivity index (χ3v) is 7.56. The Hall–Kier alpha value is -2.80. The lowest BCUT2D eigenvalue weighted by Gasteiger charge is -2.12. The lowest BCUT2D eigenvalue weighted by Crippen LogP contribution is -2.14. The second-order valence-electron chi connectivity index (χ2n) is 7.33. The molecule has 0 saturated carbocycles. The van der Waals surface area contributed by atoms with Gasteiger partial charge in [-0.1, -0.05) is 60.5 Å². The molecule has 4 rings (SSSR count). The number of aromatic nitrogens is 1. The molecule has 0 fully saturated rings. The highest BCUT2D eigenvalue weighted by molar-refractivity contribution is 7.91. The number of sulfone groups is 1. The Bertz CT molecular complexity index is 1390. The maximum absolute atomic E-state index is 12.5. The number of H-pyrrole nitrogens is 1. The van der Waals surface area contributed by atoms with Crippen molar-refractivity contribution in [1.82, 2.24) is 4.98 Å². The van der Waals surface area contributed by atoms with Crippen LogP contribution in [0.4, 0.5) is 5.69 Å². The first-order valence-corrected chi connectivity index (χ1v) is 12.4. The number of hydrogen-bond acceptors (Lipinski definition) is 3. The van der Waals surface area contributed by atoms with Crippen LogP contribution in [0.5, 0.6) is 0 Å². The molecule has 1 aromatic heterocycles. The SMILES string of the molecule is CCS(=O)(=O)c1ccc(CC(=O)Nc2cc(Cl)c(-c3cccc4cc[nH]c34)c(Cl)c2)cc1. The van der Waals surface area contributed by atoms with Gasteiger partial charge < -0.3 is 10.3 Å². The molecule has 0 radical (unpaired) electrons. The van der Waals surface area contributed by atoms with E-state index in [0.717, 1.165) is 16.5 Å². The number of carbonyl (C=O) groups excluding carboxylic acids is 1. The normalized spacial score (nSPS) is 11.6. The van der Waals surface area contributed by atoms with Gasteiger partial charge in [0.05, 0.1) is 32.6 Å². The average Bonchev–Trinajstić information content (AvgIpc) is 3.23. The summed E-state index contributed by atoms with van der Waals surface area (Å²) in [6, 6.07) is 17.5. The summed E-state index contributed by atoms with van der Waals surface area (Å²) in [6.45, 7) is 1.59. The van der Waals surface area contributed by atoms with E-state index in [-0.39, 0.29) is 23.0 Å². The number of halogens is 2. The van der Waals surface area contributed by atoms with E-state index < -0.39 is 9.84 Å². The van der Waals surface area contributed by atoms with E-state index in [1.54, 1.807) is 31.2 Å². The number of hydrogen-bond donors (Lipinski definition) is 2. The number of fused-ring (bicyclic) bond motifs is 1. The van der Waals surface area contributed by atoms with Gasteiger partial charge in [-0.2, -0.15) is 0 Å². The van der Waals surface area contributed by atoms with E-state index in [4.69, 9.17) is 23.2 Å². The maximum Gasteiger partial charge on any atom is 0.228 e. The summed E-state index contributed by atoms with van der Waals surface area (Å²) in [6.07, 6.45) is 1.94. The highest BCUT2D eigenvalue weighted by atomic mass is 35.5. The lowest BCUT2D eigenvalue weighted by molar-refractivity contribution is -0.115. The third kappa shape index (κ3) is 4.53. The minimum absolute atomic E-state index is 0.0305. The monoisotopic (exact) mass is 486 g/mol. The van der Waals surface area contributed by atoms with Crippen molar-refractivity contribution < 1.29 is 13.2 Å². The number of benzene rings is 3. The van der Waals surface area contributed by atoms with Crippen molar-refractivity contribution in [3.63, 3.8) is 0 Å². The summed E-state index contributed by atoms with van der Waals surface area (Å²) < 4.78 is 23.8. The van der Waals surface area contributed by atoms with Crippen LogP contribution >= 0.6 is 23.2 Å². The van der Waals surface area contributed by atoms with E-state index >= 15 is 0 Å². The smallest absolute Gasteiger partial charge is 0.228 e. The predicted octanol–water partition coefficient (Wildman–Crippen LogP) is 6.12. The molecule has 1 heterocycles. The van der Waals surface area contributed by atoms with Gasteiger partial charge in [0.15, 0.2) is 9.84 Å². The Balaban J connectivity index is 1.53. The molecule has 3 aromatic carbocycles. The molecule has 0 aliphatic heterocycles. The van der Waals surface area contributed by atoms with Crippen molar-refractivity contribution in [2.24, 2.45) is 0 Å². The molecular weight excluding hydrogens is 467 g/mol. The number of carbonyl (C=O) groups is 1. The largest absolute Gasteiger partial charge is 0.361 e. The Morgan fingerprint density at radius 1 is 1.00 bits per heavy atom. The molecule has 0 bridgehead atoms. The Labute approximate surface area is 196 Å². The molecule has 0 spiro atoms. The first kappa shape index (κ1) is 22.4. The number of nitrogens with one attached hydrogen (secondary N) is 2. The van der Waals surface area contributed by atoms with Gasteiger partial charge in [0.2, 0.25) is 5.91 Å². The highest BCUT2D eigenvalue weighted by Gasteiger charge is 2.16. The van der Waals surface area contributed by atoms with Gasteiger partial charge >= 0.3 is 0 Å². The zero-order chi connectivity index (χ0) is 22.9. The van der Waals surface area contributed by atoms with Crippen LogP contribution in [-0.2, 0) is 21.1 Å². The van der Waals surface area contributed by atoms with Crippen molar-refractivity contribution in [2.75, 3.05) is 11.1 Å². The van der Waals surface area contributed by atoms with Gasteiger partial charge in [0.1, 0.15) is 0 Å². The van der Waals surface area contributed by atoms with E-state index in [2.05, 4.69) is 10.3 Å². The van der Waals surface area contributed by atoms with Gasteiger partial charge in [0, 0.05) is 23.0 Å². The molecule has 0 aliphatic rings. The summed E-state index contributed by atoms with van der Waals surface area (Å²) in [5.74, 6) is -0.231. The zero-order valence-corrected chi connectivity index (χ0v) is 19.5. The molecule has 0 unspecified atom stereocenters. The Morgan fingerprint density at radius 2 is 1.69 bits per heavy atom. The Kier molecular flexibility index (Phi) is 6.29. The first-order chi connectivity index (χ1) is 15.3. The van der Waals surface area contributed by atoms with Crippen molar-refractivity contribution in [1.29, 1.82) is 0 Å². The van der Waals surface area contributed by atoms with Crippen LogP contribution in [0.2, 0.25) is 10.0 Å². The molecule has 0 atom stereocenters. The quantitative estimate of drug-likeness (QED) is 0.344. The van der Waals surface area contributed by atoms with Crippen molar-refractivity contribution in [2.45, 2.75) is 18.2 Å². The van der Waals surface area contributed by atoms with E-state index in [0.29, 0.717) is 26.9 Å². The molecule has 8 heteroatoms. The second kappa shape index (κ2) is 8.98. The molecule has 4 aromatic rings. The van der Waals surface area contributed by atoms with Crippen LogP contribution in [0.25, 0.3) is 22.0 Å². The summed E-state index contributed by atoms with van der Waals surface area (Å²) in [5, 5.41) is 4.69. The molecular formula is C24H20Cl2N2O3S. The fourth-order valence-electron chi connectivity index (χ4n) is 3.57. The number of rotatable bonds is 6. The summed E-state index contributed by atoms with van der Waals surface area (Å²) in [4.78, 5) is 16.0. The minimum atomic E-state index is -3.27. The zero-order valence-electron chi connectivity index (χ0n) is 17.2. The highest BCUT2D eigenvalue weighted by Crippen LogP contribution is 2.40. The van der Waals surface area contributed by atoms with E-state index in [1.165, 1.54) is 12.1 Å². The standard InChI is InChI=1S/C24H20Cl2N2O3S/c1-2-32(30,31)18-8-6-15(7-9-18)12-22(29)28-17-13-20(25)23(21(26)14-17)19-5-3-4-16-10-11-27-24(16)19/h3-11,13-14,27H,2,12H2,1H3,(H,28,29). The maximum atomic E-state index is 12.5. The minimum Gasteiger partial charge on any atom is -0.361 e. The number of anilines is 1. The van der Waals surface area contributed by atoms with Gasteiger partial charge in [-0.25, -0.2) is 8.42 Å². The van der Waals surface area contributed by atoms with E-state index in [9.17, 15) is 13.2 Å². The number of aromatic amines is 1. The van der Waals surface area contributed by atoms with Crippen molar-refractivity contribution >= 4 is 55.5 Å². The van der Waals surface area contributed by atoms with Gasteiger partial charge in [-0.3, -0.25) is 4.79 Å². The predicted molar refractivity (Wildman–Crippen MR) is 130 cm³/mol. The molecule has 1 amide bonds. The Morgan fingerprint density at radius 3 is 2.34 bits per heavy atom. The van der Waals surface area contributed by atoms with Crippen molar-refractivity contribution in [3.05, 3.63) is 82.5 Å². The van der Waals surface area contributed by atoms with Crippen LogP contribution in [0.3, 0.4) is 0 Å². The molecule has 5 nitrogen and oxygen atoms in total. The first-order valence-electron chi connectivity index (χ1n) is 9.95. The van der Waals surface area contributed by atoms with Crippen molar-refractivity contribution in [3.8, 4) is 11.1 Å². The molecule has 0 saturated heterocycles. The number of para-hydroxylation sites is 1. The van der Waals surface area contributed by atoms with Gasteiger partial charge in [-0.15, -0.1) is 0 Å². The average molecular weight is 487 g/mol. The lowest BCUT2D eigenvalue weighted by atomic mass is 10.0. The molecule has 164 valence electrons. The fraction of sp³-hybridized carbons (Fsp3) is 0.125. The topological polar surface area (TPSA) is 79.0 Å². The second-order valence-corrected chi connectivity index (χ2v) is 10.4. The van der Waals surface area contributed by atoms with E-state index in [1.807, 2.05) is 30.5 Å². The molecule has 0 aliphatic carbocycles. The van der Waals surface area contributed by atoms with Gasteiger partial charge in [-0.05, 0) is 41.3 Å². The van der Waals surface area contributed by atoms with Crippen LogP contribution in [0.1, 0.15) is 12.5 Å². The van der Waals surface area contributed by atoms with Crippen LogP contribution < -0.4 is 5.32 Å². The molecule has 32 heavy (non-hydrogen) atoms. The van der Waals surface area contributed by atoms with Crippen LogP contribution in [0.15, 0.2) is 71.8 Å². The molecule has 2 N–H and O–H groups in total. The summed E-state index contributed by atoms with van der Waals surface area (Å²) in [5.41, 5.74) is 3.68.